The standard InChI is InChI=1S/C18H20N4O6.C18H22N4O5.C18H26N4O.C6H4FNO2.C5H13N3O2/c23-18(24)17(20-14-6-10-16(11-7-14)22(27)28)3-1-2-12-19-13-4-8-15(9-5-13)21(25)26;23-13-16(20-15-6-10-18(11-7-15)22(26)27)3-1-2-12-19-14-4-8-17(9-5-14)21(24)25;19-14-4-8-16(9-5-14)21-12-2-1-3-18(13-23)22-17-10-6-15(20)7-11-17;7-5-1-3-6(4-2-5)8(9)10;6-3-8-2-1-4(7)5(9)10/h4-11,17,19-20H,1-3,12H2,(H,23,24);4-11,16,19-20,23H,1-3,12-13H2;4-11,18,21-23H,1-3,12-13,19-20H2;1-4H;4,8H,1-3,6-7H2,(H,9,10). The number of anilines is 8. The molecule has 7 aromatic carbocycles. The molecule has 0 spiro atoms. The minimum Gasteiger partial charge on any atom is -0.480 e. The van der Waals surface area contributed by atoms with Crippen LogP contribution in [-0.2, 0) is 9.59 Å². The highest BCUT2D eigenvalue weighted by atomic mass is 19.1. The third-order valence-electron chi connectivity index (χ3n) is 14.0. The highest BCUT2D eigenvalue weighted by Gasteiger charge is 2.18. The number of aliphatic hydroxyl groups is 2. The van der Waals surface area contributed by atoms with Crippen molar-refractivity contribution in [2.24, 2.45) is 11.5 Å². The van der Waals surface area contributed by atoms with Gasteiger partial charge in [0.25, 0.3) is 28.4 Å². The van der Waals surface area contributed by atoms with Crippen LogP contribution in [0.5, 0.6) is 0 Å². The van der Waals surface area contributed by atoms with Crippen molar-refractivity contribution in [2.75, 3.05) is 89.4 Å². The Hall–Kier alpha value is -11.4. The summed E-state index contributed by atoms with van der Waals surface area (Å²) in [7, 11) is 0. The van der Waals surface area contributed by atoms with E-state index >= 15 is 0 Å². The monoisotopic (exact) mass is 1360 g/mol. The SMILES string of the molecule is NCNCCC(N)C(=O)O.Nc1ccc(NCCCCC(CO)Nc2ccc(N)cc2)cc1.O=C(O)C(CCCCNc1ccc([N+](=O)[O-])cc1)Nc1ccc([N+](=O)[O-])cc1.O=[N+]([O-])c1ccc(F)cc1.O=[N+]([O-])c1ccc(NCCCCC(CO)Nc2ccc([N+](=O)[O-])cc2)cc1. The van der Waals surface area contributed by atoms with E-state index in [1.165, 1.54) is 60.7 Å². The van der Waals surface area contributed by atoms with Crippen LogP contribution in [0.15, 0.2) is 170 Å². The zero-order valence-electron chi connectivity index (χ0n) is 53.6. The summed E-state index contributed by atoms with van der Waals surface area (Å²) < 4.78 is 12.1. The van der Waals surface area contributed by atoms with E-state index in [9.17, 15) is 79.9 Å². The van der Waals surface area contributed by atoms with Crippen LogP contribution >= 0.6 is 0 Å². The summed E-state index contributed by atoms with van der Waals surface area (Å²) in [6, 6.07) is 42.0. The van der Waals surface area contributed by atoms with Gasteiger partial charge < -0.3 is 80.6 Å². The van der Waals surface area contributed by atoms with Gasteiger partial charge in [-0.25, -0.2) is 9.18 Å². The number of non-ortho nitro benzene ring substituents is 5. The molecule has 0 aliphatic carbocycles. The lowest BCUT2D eigenvalue weighted by Crippen LogP contribution is -2.35. The van der Waals surface area contributed by atoms with Crippen molar-refractivity contribution < 1.29 is 59.0 Å². The number of nitrogens with two attached hydrogens (primary N) is 4. The molecule has 98 heavy (non-hydrogen) atoms. The summed E-state index contributed by atoms with van der Waals surface area (Å²) in [5.74, 6) is -2.44. The van der Waals surface area contributed by atoms with Crippen LogP contribution in [-0.4, -0.2) is 127 Å². The normalized spacial score (nSPS) is 11.5. The van der Waals surface area contributed by atoms with Gasteiger partial charge in [-0.15, -0.1) is 0 Å². The number of benzene rings is 7. The second-order valence-electron chi connectivity index (χ2n) is 21.5. The number of hydrogen-bond acceptors (Lipinski definition) is 25. The Labute approximate surface area is 563 Å². The van der Waals surface area contributed by atoms with Crippen molar-refractivity contribution in [1.29, 1.82) is 0 Å². The highest BCUT2D eigenvalue weighted by molar-refractivity contribution is 5.77. The van der Waals surface area contributed by atoms with Crippen molar-refractivity contribution in [2.45, 2.75) is 88.4 Å². The Morgan fingerprint density at radius 2 is 0.684 bits per heavy atom. The Kier molecular flexibility index (Phi) is 37.8. The Morgan fingerprint density at radius 3 is 0.980 bits per heavy atom. The average molecular weight is 1370 g/mol. The van der Waals surface area contributed by atoms with Crippen molar-refractivity contribution >= 4 is 85.9 Å². The fourth-order valence-electron chi connectivity index (χ4n) is 8.54. The number of nitro benzene ring substituents is 5. The minimum atomic E-state index is -0.998. The smallest absolute Gasteiger partial charge is 0.326 e. The molecule has 528 valence electrons. The predicted octanol–water partition coefficient (Wildman–Crippen LogP) is 10.1. The second-order valence-corrected chi connectivity index (χ2v) is 21.5. The molecule has 0 aliphatic rings. The summed E-state index contributed by atoms with van der Waals surface area (Å²) >= 11 is 0. The molecule has 0 fully saturated rings. The van der Waals surface area contributed by atoms with Gasteiger partial charge in [0.2, 0.25) is 0 Å². The maximum atomic E-state index is 12.1. The molecule has 19 N–H and O–H groups in total. The molecule has 33 heteroatoms. The van der Waals surface area contributed by atoms with Crippen LogP contribution in [0.2, 0.25) is 0 Å². The molecule has 32 nitrogen and oxygen atoms in total. The molecular weight excluding hydrogens is 1280 g/mol. The van der Waals surface area contributed by atoms with Gasteiger partial charge in [0.05, 0.1) is 37.8 Å². The zero-order chi connectivity index (χ0) is 72.2. The van der Waals surface area contributed by atoms with Crippen LogP contribution in [0.25, 0.3) is 0 Å². The minimum absolute atomic E-state index is 0.0205. The number of halogens is 1. The second kappa shape index (κ2) is 45.9. The molecule has 4 unspecified atom stereocenters. The van der Waals surface area contributed by atoms with Crippen molar-refractivity contribution in [3.8, 4) is 0 Å². The van der Waals surface area contributed by atoms with Crippen LogP contribution < -0.4 is 60.2 Å². The average Bonchev–Trinajstić information content (AvgIpc) is 2.99. The van der Waals surface area contributed by atoms with Crippen molar-refractivity contribution in [3.63, 3.8) is 0 Å². The van der Waals surface area contributed by atoms with Crippen molar-refractivity contribution in [3.05, 3.63) is 226 Å². The van der Waals surface area contributed by atoms with E-state index in [1.54, 1.807) is 36.4 Å². The molecule has 7 rings (SSSR count). The number of rotatable bonds is 37. The Balaban J connectivity index is 0.000000336. The molecule has 0 saturated heterocycles. The number of nitro groups is 5. The fourth-order valence-corrected chi connectivity index (χ4v) is 8.54. The molecule has 0 radical (unpaired) electrons. The quantitative estimate of drug-likeness (QED) is 0.00566. The number of hydrogen-bond donors (Lipinski definition) is 15. The van der Waals surface area contributed by atoms with E-state index in [4.69, 9.17) is 28.0 Å². The van der Waals surface area contributed by atoms with Gasteiger partial charge in [0.1, 0.15) is 17.9 Å². The van der Waals surface area contributed by atoms with Crippen LogP contribution in [0, 0.1) is 56.4 Å². The lowest BCUT2D eigenvalue weighted by atomic mass is 10.1. The summed E-state index contributed by atoms with van der Waals surface area (Å²) in [6.45, 7) is 3.21. The molecule has 0 saturated carbocycles. The molecule has 0 aromatic heterocycles. The number of nitrogens with zero attached hydrogens (tertiary/aromatic N) is 5. The number of nitrogens with one attached hydrogen (secondary N) is 7. The third-order valence-corrected chi connectivity index (χ3v) is 14.0. The van der Waals surface area contributed by atoms with E-state index in [2.05, 4.69) is 37.2 Å². The number of unbranched alkanes of at least 4 members (excludes halogenated alkanes) is 3. The van der Waals surface area contributed by atoms with Crippen molar-refractivity contribution in [1.82, 2.24) is 5.32 Å². The third kappa shape index (κ3) is 34.1. The molecule has 0 heterocycles. The van der Waals surface area contributed by atoms with E-state index in [-0.39, 0.29) is 53.7 Å². The van der Waals surface area contributed by atoms with Gasteiger partial charge >= 0.3 is 11.9 Å². The number of carbonyl (C=O) groups is 2. The topological polar surface area (TPSA) is 519 Å². The molecule has 0 amide bonds. The maximum Gasteiger partial charge on any atom is 0.326 e. The first kappa shape index (κ1) is 80.8. The molecule has 0 aliphatic heterocycles. The van der Waals surface area contributed by atoms with E-state index in [1.807, 2.05) is 48.5 Å². The first-order valence-electron chi connectivity index (χ1n) is 30.8. The number of carboxylic acid groups (broad SMARTS) is 2. The Bertz CT molecular complexity index is 3480. The molecule has 0 bridgehead atoms. The van der Waals surface area contributed by atoms with E-state index in [0.717, 1.165) is 109 Å². The first-order chi connectivity index (χ1) is 46.9. The van der Waals surface area contributed by atoms with Gasteiger partial charge in [-0.05, 0) is 180 Å². The molecular formula is C65H85FN16O16. The summed E-state index contributed by atoms with van der Waals surface area (Å²) in [6.07, 6.45) is 7.63. The first-order valence-corrected chi connectivity index (χ1v) is 30.8. The van der Waals surface area contributed by atoms with Crippen LogP contribution in [0.1, 0.15) is 64.2 Å². The predicted molar refractivity (Wildman–Crippen MR) is 375 cm³/mol. The van der Waals surface area contributed by atoms with E-state index < -0.39 is 54.5 Å². The molecule has 4 atom stereocenters. The largest absolute Gasteiger partial charge is 0.480 e. The van der Waals surface area contributed by atoms with Gasteiger partial charge in [0.15, 0.2) is 0 Å². The zero-order valence-corrected chi connectivity index (χ0v) is 53.6. The molecule has 7 aromatic rings. The van der Waals surface area contributed by atoms with E-state index in [0.29, 0.717) is 57.7 Å². The maximum absolute atomic E-state index is 12.1. The number of carboxylic acids is 2. The van der Waals surface area contributed by atoms with Gasteiger partial charge in [-0.1, -0.05) is 0 Å². The lowest BCUT2D eigenvalue weighted by Gasteiger charge is -2.17. The van der Waals surface area contributed by atoms with Gasteiger partial charge in [-0.2, -0.15) is 0 Å². The fraction of sp³-hybridized carbons (Fsp3) is 0.323. The lowest BCUT2D eigenvalue weighted by molar-refractivity contribution is -0.385. The number of aliphatic hydroxyl groups excluding tert-OH is 2. The number of nitrogen functional groups attached to an aromatic ring is 2. The van der Waals surface area contributed by atoms with Crippen LogP contribution in [0.4, 0.5) is 78.3 Å². The Morgan fingerprint density at radius 1 is 0.398 bits per heavy atom. The number of aliphatic carboxylic acids is 2. The summed E-state index contributed by atoms with van der Waals surface area (Å²) in [4.78, 5) is 71.6. The summed E-state index contributed by atoms with van der Waals surface area (Å²) in [5, 5.41) is 111. The highest BCUT2D eigenvalue weighted by Crippen LogP contribution is 2.22. The van der Waals surface area contributed by atoms with Crippen LogP contribution in [0.3, 0.4) is 0 Å². The summed E-state index contributed by atoms with van der Waals surface area (Å²) in [5.41, 5.74) is 27.9. The van der Waals surface area contributed by atoms with Gasteiger partial charge in [0, 0.05) is 145 Å². The van der Waals surface area contributed by atoms with Gasteiger partial charge in [-0.3, -0.25) is 55.4 Å².